The van der Waals surface area contributed by atoms with Gasteiger partial charge in [0.2, 0.25) is 5.78 Å². The van der Waals surface area contributed by atoms with Gasteiger partial charge in [-0.25, -0.2) is 4.39 Å². The summed E-state index contributed by atoms with van der Waals surface area (Å²) in [6.07, 6.45) is -0.288. The molecule has 0 amide bonds. The molecule has 0 saturated carbocycles. The fourth-order valence-corrected chi connectivity index (χ4v) is 3.12. The van der Waals surface area contributed by atoms with Gasteiger partial charge in [0, 0.05) is 14.1 Å². The topological polar surface area (TPSA) is 73.6 Å². The van der Waals surface area contributed by atoms with E-state index < -0.39 is 24.2 Å². The summed E-state index contributed by atoms with van der Waals surface area (Å²) in [5.41, 5.74) is 1.79. The van der Waals surface area contributed by atoms with Gasteiger partial charge in [-0.05, 0) is 23.8 Å². The fraction of sp³-hybridized carbons (Fsp3) is 0.190. The van der Waals surface area contributed by atoms with Crippen molar-refractivity contribution in [2.75, 3.05) is 30.5 Å². The van der Waals surface area contributed by atoms with E-state index in [-0.39, 0.29) is 17.6 Å². The molecule has 0 fully saturated rings. The monoisotopic (exact) mass is 379 g/mol. The molecule has 1 aliphatic rings. The Kier molecular flexibility index (Phi) is 5.41. The van der Waals surface area contributed by atoms with Gasteiger partial charge in [0.05, 0.1) is 17.8 Å². The SMILES string of the molecule is CN1C(=C(C#N)C(=O)COC(=O)Cc2ccccc2F)N(C)c2ccccc21. The van der Waals surface area contributed by atoms with E-state index in [0.29, 0.717) is 5.82 Å². The van der Waals surface area contributed by atoms with E-state index in [9.17, 15) is 19.2 Å². The third-order valence-corrected chi connectivity index (χ3v) is 4.51. The molecule has 0 aromatic heterocycles. The molecule has 28 heavy (non-hydrogen) atoms. The van der Waals surface area contributed by atoms with Crippen LogP contribution in [0.25, 0.3) is 0 Å². The van der Waals surface area contributed by atoms with Crippen LogP contribution < -0.4 is 9.80 Å². The Balaban J connectivity index is 1.73. The smallest absolute Gasteiger partial charge is 0.310 e. The lowest BCUT2D eigenvalue weighted by molar-refractivity contribution is -0.146. The quantitative estimate of drug-likeness (QED) is 0.452. The van der Waals surface area contributed by atoms with Gasteiger partial charge in [0.1, 0.15) is 23.3 Å². The number of hydrogen-bond donors (Lipinski definition) is 0. The number of halogens is 1. The van der Waals surface area contributed by atoms with Crippen molar-refractivity contribution in [1.82, 2.24) is 0 Å². The van der Waals surface area contributed by atoms with Crippen molar-refractivity contribution in [3.8, 4) is 6.07 Å². The Morgan fingerprint density at radius 3 is 2.18 bits per heavy atom. The second-order valence-corrected chi connectivity index (χ2v) is 6.27. The van der Waals surface area contributed by atoms with Crippen LogP contribution >= 0.6 is 0 Å². The van der Waals surface area contributed by atoms with Crippen molar-refractivity contribution in [1.29, 1.82) is 5.26 Å². The molecule has 0 saturated heterocycles. The number of rotatable bonds is 5. The highest BCUT2D eigenvalue weighted by Crippen LogP contribution is 2.40. The maximum absolute atomic E-state index is 13.6. The minimum Gasteiger partial charge on any atom is -0.457 e. The molecule has 1 heterocycles. The summed E-state index contributed by atoms with van der Waals surface area (Å²) >= 11 is 0. The van der Waals surface area contributed by atoms with Crippen LogP contribution in [0.3, 0.4) is 0 Å². The predicted octanol–water partition coefficient (Wildman–Crippen LogP) is 2.80. The second-order valence-electron chi connectivity index (χ2n) is 6.27. The molecule has 0 bridgehead atoms. The van der Waals surface area contributed by atoms with Crippen LogP contribution in [-0.4, -0.2) is 32.5 Å². The summed E-state index contributed by atoms with van der Waals surface area (Å²) in [5.74, 6) is -1.46. The van der Waals surface area contributed by atoms with Gasteiger partial charge in [-0.2, -0.15) is 5.26 Å². The summed E-state index contributed by atoms with van der Waals surface area (Å²) in [6.45, 7) is -0.586. The molecule has 0 atom stereocenters. The summed E-state index contributed by atoms with van der Waals surface area (Å²) in [5, 5.41) is 9.54. The molecule has 0 N–H and O–H groups in total. The first-order valence-electron chi connectivity index (χ1n) is 8.57. The summed E-state index contributed by atoms with van der Waals surface area (Å²) in [4.78, 5) is 28.0. The van der Waals surface area contributed by atoms with Crippen molar-refractivity contribution in [2.24, 2.45) is 0 Å². The molecule has 142 valence electrons. The van der Waals surface area contributed by atoms with E-state index in [0.717, 1.165) is 11.4 Å². The van der Waals surface area contributed by atoms with Crippen LogP contribution in [0.1, 0.15) is 5.56 Å². The number of nitrogens with zero attached hydrogens (tertiary/aromatic N) is 3. The van der Waals surface area contributed by atoms with E-state index >= 15 is 0 Å². The van der Waals surface area contributed by atoms with Gasteiger partial charge in [0.15, 0.2) is 6.61 Å². The molecule has 0 aliphatic carbocycles. The van der Waals surface area contributed by atoms with Gasteiger partial charge in [-0.3, -0.25) is 9.59 Å². The maximum atomic E-state index is 13.6. The Morgan fingerprint density at radius 1 is 1.04 bits per heavy atom. The van der Waals surface area contributed by atoms with Crippen LogP contribution in [0.2, 0.25) is 0 Å². The lowest BCUT2D eigenvalue weighted by Gasteiger charge is -2.19. The standard InChI is InChI=1S/C21H18FN3O3/c1-24-17-9-5-6-10-18(17)25(2)21(24)15(12-23)19(26)13-28-20(27)11-14-7-3-4-8-16(14)22/h3-10H,11,13H2,1-2H3. The number of carbonyl (C=O) groups is 2. The predicted molar refractivity (Wildman–Crippen MR) is 102 cm³/mol. The van der Waals surface area contributed by atoms with Gasteiger partial charge in [0.25, 0.3) is 0 Å². The van der Waals surface area contributed by atoms with Crippen molar-refractivity contribution in [3.05, 3.63) is 71.3 Å². The van der Waals surface area contributed by atoms with Crippen LogP contribution in [-0.2, 0) is 20.7 Å². The zero-order valence-electron chi connectivity index (χ0n) is 15.5. The normalized spacial score (nSPS) is 12.4. The third kappa shape index (κ3) is 3.58. The number of fused-ring (bicyclic) bond motifs is 1. The Morgan fingerprint density at radius 2 is 1.61 bits per heavy atom. The van der Waals surface area contributed by atoms with E-state index in [4.69, 9.17) is 4.74 Å². The summed E-state index contributed by atoms with van der Waals surface area (Å²) in [6, 6.07) is 15.3. The fourth-order valence-electron chi connectivity index (χ4n) is 3.12. The van der Waals surface area contributed by atoms with Crippen molar-refractivity contribution in [3.63, 3.8) is 0 Å². The number of carbonyl (C=O) groups excluding carboxylic acids is 2. The van der Waals surface area contributed by atoms with E-state index in [1.165, 1.54) is 18.2 Å². The number of Topliss-reactive ketones (excluding diaryl/α,β-unsaturated/α-hetero) is 1. The molecule has 0 unspecified atom stereocenters. The average molecular weight is 379 g/mol. The molecular formula is C21H18FN3O3. The van der Waals surface area contributed by atoms with Crippen molar-refractivity contribution < 1.29 is 18.7 Å². The van der Waals surface area contributed by atoms with Gasteiger partial charge < -0.3 is 14.5 Å². The lowest BCUT2D eigenvalue weighted by atomic mass is 10.1. The molecule has 3 rings (SSSR count). The number of anilines is 2. The second kappa shape index (κ2) is 7.92. The molecule has 7 heteroatoms. The van der Waals surface area contributed by atoms with Gasteiger partial charge >= 0.3 is 5.97 Å². The van der Waals surface area contributed by atoms with Gasteiger partial charge in [-0.1, -0.05) is 30.3 Å². The number of nitriles is 1. The molecule has 2 aromatic rings. The number of ether oxygens (including phenoxy) is 1. The van der Waals surface area contributed by atoms with Gasteiger partial charge in [-0.15, -0.1) is 0 Å². The number of ketones is 1. The Hall–Kier alpha value is -3.66. The zero-order valence-corrected chi connectivity index (χ0v) is 15.5. The van der Waals surface area contributed by atoms with E-state index in [1.807, 2.05) is 30.3 Å². The summed E-state index contributed by atoms with van der Waals surface area (Å²) < 4.78 is 18.6. The molecule has 0 radical (unpaired) electrons. The largest absolute Gasteiger partial charge is 0.457 e. The maximum Gasteiger partial charge on any atom is 0.310 e. The minimum absolute atomic E-state index is 0.111. The van der Waals surface area contributed by atoms with Crippen LogP contribution in [0.5, 0.6) is 0 Å². The van der Waals surface area contributed by atoms with Crippen molar-refractivity contribution in [2.45, 2.75) is 6.42 Å². The molecule has 6 nitrogen and oxygen atoms in total. The Labute approximate surface area is 162 Å². The molecular weight excluding hydrogens is 361 g/mol. The lowest BCUT2D eigenvalue weighted by Crippen LogP contribution is -2.28. The van der Waals surface area contributed by atoms with Crippen LogP contribution in [0, 0.1) is 17.1 Å². The molecule has 1 aliphatic heterocycles. The Bertz CT molecular complexity index is 979. The highest BCUT2D eigenvalue weighted by Gasteiger charge is 2.31. The van der Waals surface area contributed by atoms with Crippen molar-refractivity contribution >= 4 is 23.1 Å². The summed E-state index contributed by atoms with van der Waals surface area (Å²) in [7, 11) is 3.51. The number of esters is 1. The number of benzene rings is 2. The van der Waals surface area contributed by atoms with Crippen LogP contribution in [0.15, 0.2) is 59.9 Å². The van der Waals surface area contributed by atoms with E-state index in [1.54, 1.807) is 30.0 Å². The first-order valence-corrected chi connectivity index (χ1v) is 8.57. The van der Waals surface area contributed by atoms with Crippen LogP contribution in [0.4, 0.5) is 15.8 Å². The van der Waals surface area contributed by atoms with E-state index in [2.05, 4.69) is 0 Å². The first-order chi connectivity index (χ1) is 13.4. The first kappa shape index (κ1) is 19.1. The number of hydrogen-bond acceptors (Lipinski definition) is 6. The molecule has 0 spiro atoms. The third-order valence-electron chi connectivity index (χ3n) is 4.51. The zero-order chi connectivity index (χ0) is 20.3. The minimum atomic E-state index is -0.739. The average Bonchev–Trinajstić information content (AvgIpc) is 2.94. The highest BCUT2D eigenvalue weighted by atomic mass is 19.1. The number of para-hydroxylation sites is 2. The highest BCUT2D eigenvalue weighted by molar-refractivity contribution is 6.03. The molecule has 2 aromatic carbocycles.